The second kappa shape index (κ2) is 8.43. The highest BCUT2D eigenvalue weighted by Crippen LogP contribution is 2.31. The van der Waals surface area contributed by atoms with Gasteiger partial charge in [-0.25, -0.2) is 4.72 Å². The summed E-state index contributed by atoms with van der Waals surface area (Å²) in [5, 5.41) is 2.51. The summed E-state index contributed by atoms with van der Waals surface area (Å²) in [6.45, 7) is 7.67. The number of rotatable bonds is 6. The van der Waals surface area contributed by atoms with Crippen molar-refractivity contribution >= 4 is 21.6 Å². The number of amides is 1. The zero-order valence-corrected chi connectivity index (χ0v) is 18.4. The second-order valence-electron chi connectivity index (χ2n) is 8.07. The van der Waals surface area contributed by atoms with Crippen LogP contribution in [0.3, 0.4) is 0 Å². The Hall–Kier alpha value is -2.33. The number of sulfonamides is 1. The summed E-state index contributed by atoms with van der Waals surface area (Å²) in [6.07, 6.45) is -4.51. The highest BCUT2D eigenvalue weighted by atomic mass is 32.2. The Bertz CT molecular complexity index is 1040. The van der Waals surface area contributed by atoms with Crippen LogP contribution in [0.5, 0.6) is 0 Å². The average Bonchev–Trinajstić information content (AvgIpc) is 2.96. The van der Waals surface area contributed by atoms with E-state index in [1.807, 2.05) is 20.8 Å². The monoisotopic (exact) mass is 446 g/mol. The van der Waals surface area contributed by atoms with E-state index in [0.29, 0.717) is 5.69 Å². The minimum absolute atomic E-state index is 0.0300. The summed E-state index contributed by atoms with van der Waals surface area (Å²) in [5.74, 6) is -0.669. The summed E-state index contributed by atoms with van der Waals surface area (Å²) in [6, 6.07) is 6.08. The van der Waals surface area contributed by atoms with Crippen molar-refractivity contribution in [2.75, 3.05) is 18.1 Å². The molecule has 0 aliphatic rings. The molecule has 0 aliphatic carbocycles. The molecule has 166 valence electrons. The van der Waals surface area contributed by atoms with Gasteiger partial charge >= 0.3 is 6.18 Å². The third-order valence-corrected chi connectivity index (χ3v) is 6.26. The molecule has 0 aliphatic heterocycles. The molecule has 30 heavy (non-hydrogen) atoms. The topological polar surface area (TPSA) is 84.8 Å². The quantitative estimate of drug-likeness (QED) is 0.716. The SMILES string of the molecule is C[NH2+]S(=O)(=O)CCn1c(C(C)(C)C)cc(C(=O)Nc2cccc(C(F)(F)F)c2)c1C. The Balaban J connectivity index is 2.38. The molecule has 0 fully saturated rings. The van der Waals surface area contributed by atoms with Crippen molar-refractivity contribution in [1.29, 1.82) is 0 Å². The minimum atomic E-state index is -4.51. The average molecular weight is 447 g/mol. The first-order chi connectivity index (χ1) is 13.7. The van der Waals surface area contributed by atoms with Gasteiger partial charge in [0.25, 0.3) is 15.9 Å². The van der Waals surface area contributed by atoms with Crippen molar-refractivity contribution in [2.45, 2.75) is 45.8 Å². The maximum atomic E-state index is 12.9. The van der Waals surface area contributed by atoms with Gasteiger partial charge in [0.15, 0.2) is 0 Å². The highest BCUT2D eigenvalue weighted by molar-refractivity contribution is 7.84. The van der Waals surface area contributed by atoms with Gasteiger partial charge in [-0.3, -0.25) is 4.79 Å². The number of aromatic nitrogens is 1. The van der Waals surface area contributed by atoms with E-state index in [9.17, 15) is 26.4 Å². The van der Waals surface area contributed by atoms with Crippen LogP contribution in [-0.4, -0.2) is 31.7 Å². The van der Waals surface area contributed by atoms with Gasteiger partial charge in [0.2, 0.25) is 0 Å². The Labute approximate surface area is 174 Å². The van der Waals surface area contributed by atoms with Crippen LogP contribution in [0, 0.1) is 6.92 Å². The van der Waals surface area contributed by atoms with E-state index in [-0.39, 0.29) is 29.0 Å². The molecular weight excluding hydrogens is 419 g/mol. The third-order valence-electron chi connectivity index (χ3n) is 4.79. The molecule has 6 nitrogen and oxygen atoms in total. The van der Waals surface area contributed by atoms with Crippen LogP contribution in [-0.2, 0) is 28.2 Å². The molecule has 0 unspecified atom stereocenters. The van der Waals surface area contributed by atoms with Crippen molar-refractivity contribution in [3.63, 3.8) is 0 Å². The van der Waals surface area contributed by atoms with Gasteiger partial charge in [0.1, 0.15) is 5.75 Å². The van der Waals surface area contributed by atoms with Gasteiger partial charge in [0.05, 0.1) is 18.2 Å². The van der Waals surface area contributed by atoms with Gasteiger partial charge in [-0.1, -0.05) is 26.8 Å². The lowest BCUT2D eigenvalue weighted by atomic mass is 9.92. The highest BCUT2D eigenvalue weighted by Gasteiger charge is 2.31. The summed E-state index contributed by atoms with van der Waals surface area (Å²) >= 11 is 0. The second-order valence-corrected chi connectivity index (χ2v) is 10.3. The predicted octanol–water partition coefficient (Wildman–Crippen LogP) is 2.89. The summed E-state index contributed by atoms with van der Waals surface area (Å²) in [7, 11) is -1.87. The van der Waals surface area contributed by atoms with Crippen LogP contribution >= 0.6 is 0 Å². The van der Waals surface area contributed by atoms with E-state index in [4.69, 9.17) is 0 Å². The number of alkyl halides is 3. The zero-order chi connectivity index (χ0) is 22.9. The number of quaternary nitrogens is 1. The van der Waals surface area contributed by atoms with E-state index in [1.54, 1.807) is 17.6 Å². The summed E-state index contributed by atoms with van der Waals surface area (Å²) in [4.78, 5) is 12.8. The van der Waals surface area contributed by atoms with Crippen molar-refractivity contribution < 1.29 is 31.1 Å². The zero-order valence-electron chi connectivity index (χ0n) is 17.6. The molecular formula is C20H27F3N3O3S+. The van der Waals surface area contributed by atoms with Crippen molar-refractivity contribution in [1.82, 2.24) is 4.57 Å². The Morgan fingerprint density at radius 3 is 2.33 bits per heavy atom. The lowest BCUT2D eigenvalue weighted by Gasteiger charge is -2.22. The molecule has 0 saturated carbocycles. The number of nitrogens with one attached hydrogen (secondary N) is 1. The van der Waals surface area contributed by atoms with E-state index in [1.165, 1.54) is 19.2 Å². The van der Waals surface area contributed by atoms with Gasteiger partial charge in [-0.15, -0.1) is 0 Å². The molecule has 0 spiro atoms. The molecule has 2 rings (SSSR count). The maximum Gasteiger partial charge on any atom is 0.416 e. The van der Waals surface area contributed by atoms with E-state index < -0.39 is 27.7 Å². The maximum absolute atomic E-state index is 12.9. The number of benzene rings is 1. The number of hydrogen-bond donors (Lipinski definition) is 2. The molecule has 0 radical (unpaired) electrons. The fourth-order valence-corrected chi connectivity index (χ4v) is 3.77. The normalized spacial score (nSPS) is 12.8. The fraction of sp³-hybridized carbons (Fsp3) is 0.450. The molecule has 0 saturated heterocycles. The van der Waals surface area contributed by atoms with Crippen LogP contribution in [0.4, 0.5) is 18.9 Å². The van der Waals surface area contributed by atoms with Crippen LogP contribution in [0.15, 0.2) is 30.3 Å². The smallest absolute Gasteiger partial charge is 0.346 e. The fourth-order valence-electron chi connectivity index (χ4n) is 3.09. The Morgan fingerprint density at radius 2 is 1.80 bits per heavy atom. The molecule has 0 atom stereocenters. The molecule has 1 heterocycles. The molecule has 2 aromatic rings. The Kier molecular flexibility index (Phi) is 6.72. The third kappa shape index (κ3) is 5.63. The van der Waals surface area contributed by atoms with Crippen molar-refractivity contribution in [3.8, 4) is 0 Å². The van der Waals surface area contributed by atoms with Crippen LogP contribution in [0.1, 0.15) is 48.1 Å². The van der Waals surface area contributed by atoms with Gasteiger partial charge < -0.3 is 9.88 Å². The standard InChI is InChI=1S/C20H26F3N3O3S/c1-13-16(18(27)25-15-8-6-7-14(11-15)20(21,22)23)12-17(19(2,3)4)26(13)9-10-30(28,29)24-5/h6-8,11-12,24H,9-10H2,1-5H3,(H,25,27)/p+1. The van der Waals surface area contributed by atoms with Gasteiger partial charge in [-0.05, 0) is 31.2 Å². The van der Waals surface area contributed by atoms with E-state index >= 15 is 0 Å². The Morgan fingerprint density at radius 1 is 1.17 bits per heavy atom. The van der Waals surface area contributed by atoms with Gasteiger partial charge in [-0.2, -0.15) is 21.6 Å². The predicted molar refractivity (Wildman–Crippen MR) is 109 cm³/mol. The number of hydrogen-bond acceptors (Lipinski definition) is 3. The molecule has 1 aromatic carbocycles. The first-order valence-electron chi connectivity index (χ1n) is 9.37. The molecule has 1 amide bonds. The molecule has 3 N–H and O–H groups in total. The summed E-state index contributed by atoms with van der Waals surface area (Å²) < 4.78 is 65.5. The number of anilines is 1. The number of carbonyl (C=O) groups is 1. The summed E-state index contributed by atoms with van der Waals surface area (Å²) in [5.41, 5.74) is 0.402. The lowest BCUT2D eigenvalue weighted by molar-refractivity contribution is -0.461. The number of nitrogens with zero attached hydrogens (tertiary/aromatic N) is 1. The molecule has 10 heteroatoms. The van der Waals surface area contributed by atoms with Crippen molar-refractivity contribution in [3.05, 3.63) is 52.8 Å². The number of carbonyl (C=O) groups excluding carboxylic acids is 1. The minimum Gasteiger partial charge on any atom is -0.346 e. The van der Waals surface area contributed by atoms with E-state index in [2.05, 4.69) is 5.32 Å². The number of nitrogens with two attached hydrogens (primary N) is 1. The van der Waals surface area contributed by atoms with Crippen LogP contribution in [0.2, 0.25) is 0 Å². The van der Waals surface area contributed by atoms with Crippen LogP contribution in [0.25, 0.3) is 0 Å². The lowest BCUT2D eigenvalue weighted by Crippen LogP contribution is -2.83. The first kappa shape index (κ1) is 23.9. The largest absolute Gasteiger partial charge is 0.416 e. The first-order valence-corrected chi connectivity index (χ1v) is 11.1. The van der Waals surface area contributed by atoms with Crippen LogP contribution < -0.4 is 10.0 Å². The molecule has 0 bridgehead atoms. The van der Waals surface area contributed by atoms with Crippen molar-refractivity contribution in [2.24, 2.45) is 0 Å². The number of primary sulfonamides is 1. The molecule has 1 aromatic heterocycles. The number of halogens is 3. The van der Waals surface area contributed by atoms with E-state index in [0.717, 1.165) is 22.5 Å². The van der Waals surface area contributed by atoms with Gasteiger partial charge in [0, 0.05) is 29.0 Å².